The molecule has 2 aromatic carbocycles. The summed E-state index contributed by atoms with van der Waals surface area (Å²) in [6.45, 7) is 1.77. The molecule has 0 bridgehead atoms. The monoisotopic (exact) mass is 305 g/mol. The van der Waals surface area contributed by atoms with Crippen molar-refractivity contribution in [2.45, 2.75) is 6.54 Å². The molecule has 0 aliphatic carbocycles. The number of hydrogen-bond acceptors (Lipinski definition) is 4. The highest BCUT2D eigenvalue weighted by Gasteiger charge is 2.18. The molecule has 5 heteroatoms. The number of nitrogens with one attached hydrogen (secondary N) is 1. The molecule has 0 aromatic heterocycles. The molecular formula is C16H16ClNO3. The molecule has 21 heavy (non-hydrogen) atoms. The van der Waals surface area contributed by atoms with E-state index in [1.807, 2.05) is 36.4 Å². The maximum absolute atomic E-state index is 5.87. The van der Waals surface area contributed by atoms with Gasteiger partial charge in [-0.3, -0.25) is 0 Å². The maximum Gasteiger partial charge on any atom is 0.203 e. The van der Waals surface area contributed by atoms with Crippen LogP contribution in [0.1, 0.15) is 5.56 Å². The predicted octanol–water partition coefficient (Wildman–Crippen LogP) is 3.73. The Morgan fingerprint density at radius 3 is 2.67 bits per heavy atom. The summed E-state index contributed by atoms with van der Waals surface area (Å²) in [5.74, 6) is 2.10. The summed E-state index contributed by atoms with van der Waals surface area (Å²) >= 11 is 5.87. The van der Waals surface area contributed by atoms with Gasteiger partial charge in [0.05, 0.1) is 7.11 Å². The number of halogens is 1. The van der Waals surface area contributed by atoms with Crippen molar-refractivity contribution in [1.29, 1.82) is 0 Å². The van der Waals surface area contributed by atoms with Crippen molar-refractivity contribution in [3.63, 3.8) is 0 Å². The zero-order chi connectivity index (χ0) is 14.7. The fourth-order valence-corrected chi connectivity index (χ4v) is 2.33. The number of benzene rings is 2. The minimum absolute atomic E-state index is 0.547. The Hall–Kier alpha value is -2.07. The lowest BCUT2D eigenvalue weighted by molar-refractivity contribution is 0.165. The van der Waals surface area contributed by atoms with Crippen LogP contribution in [-0.2, 0) is 6.54 Å². The van der Waals surface area contributed by atoms with E-state index in [2.05, 4.69) is 5.32 Å². The quantitative estimate of drug-likeness (QED) is 0.934. The molecule has 0 radical (unpaired) electrons. The second kappa shape index (κ2) is 6.14. The third kappa shape index (κ3) is 3.16. The van der Waals surface area contributed by atoms with Gasteiger partial charge in [0, 0.05) is 17.3 Å². The first kappa shape index (κ1) is 13.9. The van der Waals surface area contributed by atoms with Crippen molar-refractivity contribution in [3.05, 3.63) is 47.0 Å². The molecule has 0 atom stereocenters. The van der Waals surface area contributed by atoms with E-state index in [1.165, 1.54) is 0 Å². The van der Waals surface area contributed by atoms with Crippen LogP contribution < -0.4 is 19.5 Å². The van der Waals surface area contributed by atoms with Crippen molar-refractivity contribution in [1.82, 2.24) is 0 Å². The molecule has 1 aliphatic rings. The van der Waals surface area contributed by atoms with Crippen LogP contribution in [0.4, 0.5) is 5.69 Å². The fraction of sp³-hybridized carbons (Fsp3) is 0.250. The number of methoxy groups -OCH3 is 1. The zero-order valence-electron chi connectivity index (χ0n) is 11.7. The third-order valence-electron chi connectivity index (χ3n) is 3.23. The average molecular weight is 306 g/mol. The highest BCUT2D eigenvalue weighted by molar-refractivity contribution is 6.30. The highest BCUT2D eigenvalue weighted by atomic mass is 35.5. The third-order valence-corrected chi connectivity index (χ3v) is 3.48. The van der Waals surface area contributed by atoms with Crippen molar-refractivity contribution in [3.8, 4) is 17.2 Å². The lowest BCUT2D eigenvalue weighted by atomic mass is 10.1. The van der Waals surface area contributed by atoms with Gasteiger partial charge in [-0.2, -0.15) is 0 Å². The van der Waals surface area contributed by atoms with Crippen LogP contribution in [0.25, 0.3) is 0 Å². The van der Waals surface area contributed by atoms with E-state index in [0.29, 0.717) is 31.3 Å². The predicted molar refractivity (Wildman–Crippen MR) is 82.8 cm³/mol. The topological polar surface area (TPSA) is 39.7 Å². The van der Waals surface area contributed by atoms with Crippen LogP contribution in [0.5, 0.6) is 17.2 Å². The summed E-state index contributed by atoms with van der Waals surface area (Å²) in [6.07, 6.45) is 0. The van der Waals surface area contributed by atoms with Crippen LogP contribution in [0, 0.1) is 0 Å². The van der Waals surface area contributed by atoms with Crippen LogP contribution in [0.15, 0.2) is 36.4 Å². The van der Waals surface area contributed by atoms with Crippen LogP contribution in [-0.4, -0.2) is 20.3 Å². The SMILES string of the molecule is COc1cc(CNc2ccc(Cl)cc2)cc2c1OCCO2. The van der Waals surface area contributed by atoms with Crippen molar-refractivity contribution < 1.29 is 14.2 Å². The molecule has 0 spiro atoms. The number of anilines is 1. The molecule has 1 aliphatic heterocycles. The van der Waals surface area contributed by atoms with Crippen molar-refractivity contribution in [2.24, 2.45) is 0 Å². The number of hydrogen-bond donors (Lipinski definition) is 1. The summed E-state index contributed by atoms with van der Waals surface area (Å²) in [4.78, 5) is 0. The van der Waals surface area contributed by atoms with Gasteiger partial charge < -0.3 is 19.5 Å². The summed E-state index contributed by atoms with van der Waals surface area (Å²) in [7, 11) is 1.63. The summed E-state index contributed by atoms with van der Waals surface area (Å²) in [5.41, 5.74) is 2.07. The second-order valence-electron chi connectivity index (χ2n) is 4.68. The zero-order valence-corrected chi connectivity index (χ0v) is 12.4. The normalized spacial score (nSPS) is 12.9. The summed E-state index contributed by atoms with van der Waals surface area (Å²) in [5, 5.41) is 4.06. The first-order chi connectivity index (χ1) is 10.3. The molecule has 1 heterocycles. The van der Waals surface area contributed by atoms with E-state index in [0.717, 1.165) is 22.0 Å². The number of fused-ring (bicyclic) bond motifs is 1. The van der Waals surface area contributed by atoms with Gasteiger partial charge in [-0.1, -0.05) is 11.6 Å². The van der Waals surface area contributed by atoms with Gasteiger partial charge in [-0.15, -0.1) is 0 Å². The molecule has 3 rings (SSSR count). The van der Waals surface area contributed by atoms with E-state index in [-0.39, 0.29) is 0 Å². The largest absolute Gasteiger partial charge is 0.493 e. The minimum Gasteiger partial charge on any atom is -0.493 e. The van der Waals surface area contributed by atoms with Gasteiger partial charge in [0.2, 0.25) is 5.75 Å². The number of rotatable bonds is 4. The molecule has 2 aromatic rings. The van der Waals surface area contributed by atoms with E-state index in [1.54, 1.807) is 7.11 Å². The molecular weight excluding hydrogens is 290 g/mol. The van der Waals surface area contributed by atoms with Gasteiger partial charge in [-0.25, -0.2) is 0 Å². The molecule has 0 unspecified atom stereocenters. The smallest absolute Gasteiger partial charge is 0.203 e. The number of ether oxygens (including phenoxy) is 3. The van der Waals surface area contributed by atoms with Crippen molar-refractivity contribution >= 4 is 17.3 Å². The Morgan fingerprint density at radius 1 is 1.14 bits per heavy atom. The Bertz CT molecular complexity index is 611. The van der Waals surface area contributed by atoms with Gasteiger partial charge in [0.1, 0.15) is 13.2 Å². The van der Waals surface area contributed by atoms with Crippen LogP contribution in [0.3, 0.4) is 0 Å². The molecule has 1 N–H and O–H groups in total. The molecule has 0 fully saturated rings. The standard InChI is InChI=1S/C16H16ClNO3/c1-19-14-8-11(9-15-16(14)21-7-6-20-15)10-18-13-4-2-12(17)3-5-13/h2-5,8-9,18H,6-7,10H2,1H3. The summed E-state index contributed by atoms with van der Waals surface area (Å²) in [6, 6.07) is 11.5. The van der Waals surface area contributed by atoms with E-state index in [4.69, 9.17) is 25.8 Å². The van der Waals surface area contributed by atoms with Gasteiger partial charge in [0.25, 0.3) is 0 Å². The first-order valence-corrected chi connectivity index (χ1v) is 7.10. The van der Waals surface area contributed by atoms with E-state index < -0.39 is 0 Å². The van der Waals surface area contributed by atoms with E-state index in [9.17, 15) is 0 Å². The molecule has 0 amide bonds. The average Bonchev–Trinajstić information content (AvgIpc) is 2.53. The van der Waals surface area contributed by atoms with Gasteiger partial charge in [-0.05, 0) is 42.0 Å². The van der Waals surface area contributed by atoms with Crippen LogP contribution >= 0.6 is 11.6 Å². The minimum atomic E-state index is 0.547. The lowest BCUT2D eigenvalue weighted by Gasteiger charge is -2.21. The molecule has 4 nitrogen and oxygen atoms in total. The maximum atomic E-state index is 5.87. The van der Waals surface area contributed by atoms with Gasteiger partial charge in [0.15, 0.2) is 11.5 Å². The molecule has 110 valence electrons. The second-order valence-corrected chi connectivity index (χ2v) is 5.12. The Morgan fingerprint density at radius 2 is 1.90 bits per heavy atom. The van der Waals surface area contributed by atoms with E-state index >= 15 is 0 Å². The Labute approximate surface area is 128 Å². The summed E-state index contributed by atoms with van der Waals surface area (Å²) < 4.78 is 16.6. The Balaban J connectivity index is 1.77. The first-order valence-electron chi connectivity index (χ1n) is 6.72. The fourth-order valence-electron chi connectivity index (χ4n) is 2.20. The van der Waals surface area contributed by atoms with Gasteiger partial charge >= 0.3 is 0 Å². The lowest BCUT2D eigenvalue weighted by Crippen LogP contribution is -2.16. The Kier molecular flexibility index (Phi) is 4.06. The molecule has 0 saturated heterocycles. The highest BCUT2D eigenvalue weighted by Crippen LogP contribution is 2.40. The molecule has 0 saturated carbocycles. The van der Waals surface area contributed by atoms with Crippen molar-refractivity contribution in [2.75, 3.05) is 25.6 Å². The van der Waals surface area contributed by atoms with Crippen LogP contribution in [0.2, 0.25) is 5.02 Å².